The number of hydrogen-bond acceptors (Lipinski definition) is 1. The average molecular weight is 237 g/mol. The van der Waals surface area contributed by atoms with Crippen LogP contribution in [-0.2, 0) is 4.79 Å². The number of rotatable bonds is 3. The third kappa shape index (κ3) is 4.86. The molecule has 0 heterocycles. The molecule has 5 heteroatoms. The first-order chi connectivity index (χ1) is 7.18. The van der Waals surface area contributed by atoms with Crippen molar-refractivity contribution in [2.45, 2.75) is 58.2 Å². The molecule has 0 aromatic carbocycles. The van der Waals surface area contributed by atoms with E-state index in [1.54, 1.807) is 0 Å². The van der Waals surface area contributed by atoms with Gasteiger partial charge in [-0.25, -0.2) is 0 Å². The Kier molecular flexibility index (Phi) is 3.86. The van der Waals surface area contributed by atoms with E-state index in [4.69, 9.17) is 0 Å². The normalized spacial score (nSPS) is 24.4. The van der Waals surface area contributed by atoms with Crippen LogP contribution in [0.3, 0.4) is 0 Å². The maximum absolute atomic E-state index is 11.9. The molecule has 1 saturated carbocycles. The Balaban J connectivity index is 2.26. The maximum Gasteiger partial charge on any atom is 0.389 e. The summed E-state index contributed by atoms with van der Waals surface area (Å²) >= 11 is 0. The Bertz CT molecular complexity index is 260. The van der Waals surface area contributed by atoms with Crippen LogP contribution < -0.4 is 5.32 Å². The summed E-state index contributed by atoms with van der Waals surface area (Å²) in [4.78, 5) is 11.2. The van der Waals surface area contributed by atoms with E-state index in [1.165, 1.54) is 0 Å². The predicted octanol–water partition coefficient (Wildman–Crippen LogP) is 3.02. The summed E-state index contributed by atoms with van der Waals surface area (Å²) in [5.41, 5.74) is 0.196. The SMILES string of the molecule is CC1(C)CCC(NC(=O)CCC(F)(F)F)C1. The highest BCUT2D eigenvalue weighted by Gasteiger charge is 2.32. The van der Waals surface area contributed by atoms with Gasteiger partial charge >= 0.3 is 6.18 Å². The van der Waals surface area contributed by atoms with E-state index >= 15 is 0 Å². The van der Waals surface area contributed by atoms with Crippen molar-refractivity contribution in [3.63, 3.8) is 0 Å². The standard InChI is InChI=1S/C11H18F3NO/c1-10(2)5-3-8(7-10)15-9(16)4-6-11(12,13)14/h8H,3-7H2,1-2H3,(H,15,16). The number of amides is 1. The van der Waals surface area contributed by atoms with E-state index in [1.807, 2.05) is 0 Å². The Morgan fingerprint density at radius 3 is 2.50 bits per heavy atom. The highest BCUT2D eigenvalue weighted by Crippen LogP contribution is 2.36. The van der Waals surface area contributed by atoms with Gasteiger partial charge in [0.2, 0.25) is 5.91 Å². The Hall–Kier alpha value is -0.740. The van der Waals surface area contributed by atoms with Crippen molar-refractivity contribution in [2.24, 2.45) is 5.41 Å². The molecule has 1 amide bonds. The first kappa shape index (κ1) is 13.3. The largest absolute Gasteiger partial charge is 0.389 e. The van der Waals surface area contributed by atoms with Crippen LogP contribution in [0.2, 0.25) is 0 Å². The van der Waals surface area contributed by atoms with Gasteiger partial charge in [0.05, 0.1) is 6.42 Å². The van der Waals surface area contributed by atoms with Crippen LogP contribution in [0.1, 0.15) is 46.0 Å². The molecule has 0 saturated heterocycles. The van der Waals surface area contributed by atoms with Crippen LogP contribution in [0.15, 0.2) is 0 Å². The molecule has 94 valence electrons. The molecule has 0 spiro atoms. The van der Waals surface area contributed by atoms with E-state index in [2.05, 4.69) is 19.2 Å². The fourth-order valence-corrected chi connectivity index (χ4v) is 2.11. The van der Waals surface area contributed by atoms with Crippen molar-refractivity contribution in [1.82, 2.24) is 5.32 Å². The van der Waals surface area contributed by atoms with Gasteiger partial charge < -0.3 is 5.32 Å². The quantitative estimate of drug-likeness (QED) is 0.803. The Morgan fingerprint density at radius 1 is 1.44 bits per heavy atom. The lowest BCUT2D eigenvalue weighted by Crippen LogP contribution is -2.34. The molecule has 0 radical (unpaired) electrons. The number of carbonyl (C=O) groups excluding carboxylic acids is 1. The molecule has 16 heavy (non-hydrogen) atoms. The summed E-state index contributed by atoms with van der Waals surface area (Å²) in [6, 6.07) is 0.0516. The zero-order valence-electron chi connectivity index (χ0n) is 9.66. The lowest BCUT2D eigenvalue weighted by molar-refractivity contribution is -0.144. The zero-order chi connectivity index (χ0) is 12.4. The van der Waals surface area contributed by atoms with E-state index in [-0.39, 0.29) is 11.5 Å². The molecule has 1 N–H and O–H groups in total. The third-order valence-electron chi connectivity index (χ3n) is 2.97. The van der Waals surface area contributed by atoms with Crippen LogP contribution in [-0.4, -0.2) is 18.1 Å². The molecule has 0 bridgehead atoms. The number of halogens is 3. The predicted molar refractivity (Wildman–Crippen MR) is 54.9 cm³/mol. The highest BCUT2D eigenvalue weighted by molar-refractivity contribution is 5.76. The molecule has 1 fully saturated rings. The topological polar surface area (TPSA) is 29.1 Å². The molecule has 0 aliphatic heterocycles. The Labute approximate surface area is 93.6 Å². The monoisotopic (exact) mass is 237 g/mol. The second-order valence-corrected chi connectivity index (χ2v) is 5.29. The van der Waals surface area contributed by atoms with Crippen LogP contribution in [0.4, 0.5) is 13.2 Å². The molecule has 1 aliphatic carbocycles. The van der Waals surface area contributed by atoms with Crippen molar-refractivity contribution < 1.29 is 18.0 Å². The molecule has 0 aromatic rings. The second kappa shape index (κ2) is 4.63. The number of nitrogens with one attached hydrogen (secondary N) is 1. The van der Waals surface area contributed by atoms with Gasteiger partial charge in [-0.05, 0) is 24.7 Å². The molecule has 1 unspecified atom stereocenters. The molecule has 1 atom stereocenters. The Morgan fingerprint density at radius 2 is 2.06 bits per heavy atom. The van der Waals surface area contributed by atoms with Gasteiger partial charge in [-0.3, -0.25) is 4.79 Å². The van der Waals surface area contributed by atoms with E-state index in [0.29, 0.717) is 0 Å². The van der Waals surface area contributed by atoms with E-state index in [9.17, 15) is 18.0 Å². The summed E-state index contributed by atoms with van der Waals surface area (Å²) in [7, 11) is 0. The van der Waals surface area contributed by atoms with Crippen molar-refractivity contribution in [2.75, 3.05) is 0 Å². The fourth-order valence-electron chi connectivity index (χ4n) is 2.11. The smallest absolute Gasteiger partial charge is 0.353 e. The molecule has 2 nitrogen and oxygen atoms in total. The third-order valence-corrected chi connectivity index (χ3v) is 2.97. The van der Waals surface area contributed by atoms with Gasteiger partial charge in [0.1, 0.15) is 0 Å². The van der Waals surface area contributed by atoms with Gasteiger partial charge in [-0.15, -0.1) is 0 Å². The summed E-state index contributed by atoms with van der Waals surface area (Å²) in [5.74, 6) is -0.486. The minimum Gasteiger partial charge on any atom is -0.353 e. The van der Waals surface area contributed by atoms with Crippen molar-refractivity contribution in [1.29, 1.82) is 0 Å². The highest BCUT2D eigenvalue weighted by atomic mass is 19.4. The minimum absolute atomic E-state index is 0.0516. The maximum atomic E-state index is 11.9. The van der Waals surface area contributed by atoms with Crippen LogP contribution in [0, 0.1) is 5.41 Å². The summed E-state index contributed by atoms with van der Waals surface area (Å²) in [6.07, 6.45) is -3.01. The zero-order valence-corrected chi connectivity index (χ0v) is 9.66. The van der Waals surface area contributed by atoms with Gasteiger partial charge in [0.25, 0.3) is 0 Å². The molecule has 1 aliphatic rings. The van der Waals surface area contributed by atoms with Crippen molar-refractivity contribution >= 4 is 5.91 Å². The van der Waals surface area contributed by atoms with E-state index in [0.717, 1.165) is 19.3 Å². The molecular weight excluding hydrogens is 219 g/mol. The summed E-state index contributed by atoms with van der Waals surface area (Å²) in [6.45, 7) is 4.21. The number of carbonyl (C=O) groups is 1. The molecule has 1 rings (SSSR count). The average Bonchev–Trinajstić information content (AvgIpc) is 2.41. The van der Waals surface area contributed by atoms with Gasteiger partial charge in [0, 0.05) is 12.5 Å². The van der Waals surface area contributed by atoms with Gasteiger partial charge in [0.15, 0.2) is 0 Å². The molecule has 0 aromatic heterocycles. The lowest BCUT2D eigenvalue weighted by Gasteiger charge is -2.18. The minimum atomic E-state index is -4.24. The summed E-state index contributed by atoms with van der Waals surface area (Å²) in [5, 5.41) is 2.67. The first-order valence-corrected chi connectivity index (χ1v) is 5.54. The van der Waals surface area contributed by atoms with Crippen molar-refractivity contribution in [3.8, 4) is 0 Å². The molecular formula is C11H18F3NO. The number of hydrogen-bond donors (Lipinski definition) is 1. The van der Waals surface area contributed by atoms with Gasteiger partial charge in [-0.1, -0.05) is 13.8 Å². The van der Waals surface area contributed by atoms with E-state index < -0.39 is 24.9 Å². The van der Waals surface area contributed by atoms with Crippen molar-refractivity contribution in [3.05, 3.63) is 0 Å². The number of alkyl halides is 3. The lowest BCUT2D eigenvalue weighted by atomic mass is 9.92. The van der Waals surface area contributed by atoms with Crippen LogP contribution >= 0.6 is 0 Å². The van der Waals surface area contributed by atoms with Crippen LogP contribution in [0.25, 0.3) is 0 Å². The second-order valence-electron chi connectivity index (χ2n) is 5.29. The van der Waals surface area contributed by atoms with Crippen LogP contribution in [0.5, 0.6) is 0 Å². The first-order valence-electron chi connectivity index (χ1n) is 5.54. The summed E-state index contributed by atoms with van der Waals surface area (Å²) < 4.78 is 35.6. The van der Waals surface area contributed by atoms with Gasteiger partial charge in [-0.2, -0.15) is 13.2 Å². The fraction of sp³-hybridized carbons (Fsp3) is 0.909.